The molecule has 75 heavy (non-hydrogen) atoms. The van der Waals surface area contributed by atoms with Crippen LogP contribution in [0.4, 0.5) is 0 Å². The van der Waals surface area contributed by atoms with Gasteiger partial charge in [0.25, 0.3) is 7.82 Å². The van der Waals surface area contributed by atoms with Crippen LogP contribution in [0.5, 0.6) is 0 Å². The molecule has 0 radical (unpaired) electrons. The maximum atomic E-state index is 13.5. The first-order valence-electron chi connectivity index (χ1n) is 30.9. The van der Waals surface area contributed by atoms with Crippen LogP contribution in [0.25, 0.3) is 0 Å². The third-order valence-corrected chi connectivity index (χ3v) is 14.3. The molecule has 0 saturated heterocycles. The lowest BCUT2D eigenvalue weighted by molar-refractivity contribution is -0.870. The fourth-order valence-corrected chi connectivity index (χ4v) is 9.27. The van der Waals surface area contributed by atoms with Crippen LogP contribution in [-0.2, 0) is 27.9 Å². The maximum absolute atomic E-state index is 13.5. The molecule has 0 bridgehead atoms. The molecule has 0 rings (SSSR count). The minimum absolute atomic E-state index is 0.0285. The molecule has 434 valence electrons. The lowest BCUT2D eigenvalue weighted by Gasteiger charge is -2.30. The zero-order valence-electron chi connectivity index (χ0n) is 49.5. The van der Waals surface area contributed by atoms with Crippen molar-refractivity contribution in [1.29, 1.82) is 0 Å². The highest BCUT2D eigenvalue weighted by Gasteiger charge is 2.27. The van der Waals surface area contributed by atoms with Crippen molar-refractivity contribution in [2.45, 2.75) is 277 Å². The van der Waals surface area contributed by atoms with Crippen molar-refractivity contribution in [2.75, 3.05) is 40.9 Å². The van der Waals surface area contributed by atoms with Crippen molar-refractivity contribution in [3.8, 4) is 0 Å². The molecule has 0 fully saturated rings. The lowest BCUT2D eigenvalue weighted by Crippen LogP contribution is -2.47. The largest absolute Gasteiger partial charge is 0.756 e. The van der Waals surface area contributed by atoms with Crippen LogP contribution in [0.15, 0.2) is 85.1 Å². The van der Waals surface area contributed by atoms with Crippen molar-refractivity contribution in [3.63, 3.8) is 0 Å². The first-order valence-corrected chi connectivity index (χ1v) is 32.4. The number of nitrogens with zero attached hydrogens (tertiary/aromatic N) is 1. The molecule has 0 aliphatic heterocycles. The number of unbranched alkanes of at least 4 members (excludes halogenated alkanes) is 27. The van der Waals surface area contributed by atoms with Crippen molar-refractivity contribution in [2.24, 2.45) is 0 Å². The SMILES string of the molecule is CC/C=C\C/C=C\C/C=C\C/C=C\C/C=C\CCCCCCCCCC(=O)NC(COP(=O)([O-])OCC[N+](C)(C)C)C(/C=C\CCCCCCCCCCC)OC(=O)CCCCCCCCC/C=C\CCCCCC. The molecular weight excluding hydrogens is 952 g/mol. The minimum Gasteiger partial charge on any atom is -0.756 e. The van der Waals surface area contributed by atoms with Gasteiger partial charge in [-0.1, -0.05) is 235 Å². The van der Waals surface area contributed by atoms with Gasteiger partial charge in [-0.05, 0) is 102 Å². The number of rotatable bonds is 55. The van der Waals surface area contributed by atoms with Gasteiger partial charge in [0, 0.05) is 12.8 Å². The number of esters is 1. The fourth-order valence-electron chi connectivity index (χ4n) is 8.54. The number of phosphoric acid groups is 1. The Bertz CT molecular complexity index is 1560. The molecule has 1 N–H and O–H groups in total. The molecule has 3 unspecified atom stereocenters. The van der Waals surface area contributed by atoms with E-state index in [0.29, 0.717) is 17.4 Å². The van der Waals surface area contributed by atoms with Crippen molar-refractivity contribution in [1.82, 2.24) is 5.32 Å². The van der Waals surface area contributed by atoms with Crippen LogP contribution in [0, 0.1) is 0 Å². The van der Waals surface area contributed by atoms with E-state index in [1.54, 1.807) is 0 Å². The van der Waals surface area contributed by atoms with Crippen LogP contribution >= 0.6 is 7.82 Å². The Kier molecular flexibility index (Phi) is 52.5. The lowest BCUT2D eigenvalue weighted by atomic mass is 10.1. The van der Waals surface area contributed by atoms with Gasteiger partial charge < -0.3 is 28.5 Å². The summed E-state index contributed by atoms with van der Waals surface area (Å²) in [6.45, 7) is 6.70. The van der Waals surface area contributed by atoms with Crippen LogP contribution < -0.4 is 10.2 Å². The maximum Gasteiger partial charge on any atom is 0.306 e. The Balaban J connectivity index is 5.21. The highest BCUT2D eigenvalue weighted by molar-refractivity contribution is 7.45. The summed E-state index contributed by atoms with van der Waals surface area (Å²) in [7, 11) is 1.17. The van der Waals surface area contributed by atoms with Crippen molar-refractivity contribution in [3.05, 3.63) is 85.1 Å². The summed E-state index contributed by atoms with van der Waals surface area (Å²) < 4.78 is 30.3. The van der Waals surface area contributed by atoms with Gasteiger partial charge in [0.2, 0.25) is 5.91 Å². The van der Waals surface area contributed by atoms with Gasteiger partial charge >= 0.3 is 5.97 Å². The highest BCUT2D eigenvalue weighted by Crippen LogP contribution is 2.38. The van der Waals surface area contributed by atoms with Gasteiger partial charge in [-0.2, -0.15) is 0 Å². The van der Waals surface area contributed by atoms with E-state index in [-0.39, 0.29) is 24.9 Å². The molecule has 0 aliphatic rings. The number of ether oxygens (including phenoxy) is 1. The van der Waals surface area contributed by atoms with Gasteiger partial charge in [0.15, 0.2) is 0 Å². The zero-order valence-corrected chi connectivity index (χ0v) is 50.4. The predicted molar refractivity (Wildman–Crippen MR) is 321 cm³/mol. The minimum atomic E-state index is -4.70. The molecule has 0 saturated carbocycles. The van der Waals surface area contributed by atoms with Crippen molar-refractivity contribution < 1.29 is 37.3 Å². The number of carbonyl (C=O) groups excluding carboxylic acids is 2. The van der Waals surface area contributed by atoms with E-state index in [4.69, 9.17) is 13.8 Å². The number of allylic oxidation sites excluding steroid dienone is 13. The Morgan fingerprint density at radius 2 is 0.853 bits per heavy atom. The van der Waals surface area contributed by atoms with E-state index in [1.165, 1.54) is 116 Å². The quantitative estimate of drug-likeness (QED) is 0.0212. The molecule has 9 nitrogen and oxygen atoms in total. The Hall–Kier alpha value is -2.81. The Morgan fingerprint density at radius 3 is 1.31 bits per heavy atom. The number of carbonyl (C=O) groups is 2. The summed E-state index contributed by atoms with van der Waals surface area (Å²) >= 11 is 0. The van der Waals surface area contributed by atoms with E-state index in [1.807, 2.05) is 33.3 Å². The molecule has 10 heteroatoms. The van der Waals surface area contributed by atoms with Crippen LogP contribution in [-0.4, -0.2) is 69.4 Å². The highest BCUT2D eigenvalue weighted by atomic mass is 31.2. The summed E-state index contributed by atoms with van der Waals surface area (Å²) in [4.78, 5) is 39.9. The van der Waals surface area contributed by atoms with Gasteiger partial charge in [0.1, 0.15) is 19.3 Å². The third-order valence-electron chi connectivity index (χ3n) is 13.3. The van der Waals surface area contributed by atoms with E-state index >= 15 is 0 Å². The molecule has 0 aliphatic carbocycles. The van der Waals surface area contributed by atoms with Crippen molar-refractivity contribution >= 4 is 19.7 Å². The van der Waals surface area contributed by atoms with E-state index in [0.717, 1.165) is 116 Å². The first-order chi connectivity index (χ1) is 36.4. The topological polar surface area (TPSA) is 114 Å². The smallest absolute Gasteiger partial charge is 0.306 e. The Labute approximate surface area is 463 Å². The number of phosphoric ester groups is 1. The molecule has 0 aromatic rings. The average molecular weight is 1070 g/mol. The predicted octanol–water partition coefficient (Wildman–Crippen LogP) is 18.4. The third kappa shape index (κ3) is 55.7. The molecule has 3 atom stereocenters. The van der Waals surface area contributed by atoms with Gasteiger partial charge in [-0.25, -0.2) is 0 Å². The van der Waals surface area contributed by atoms with Gasteiger partial charge in [-0.3, -0.25) is 14.2 Å². The first kappa shape index (κ1) is 72.2. The summed E-state index contributed by atoms with van der Waals surface area (Å²) in [6.07, 6.45) is 71.2. The molecule has 0 aromatic carbocycles. The summed E-state index contributed by atoms with van der Waals surface area (Å²) in [5, 5.41) is 3.02. The molecule has 0 aromatic heterocycles. The monoisotopic (exact) mass is 1070 g/mol. The molecule has 1 amide bonds. The van der Waals surface area contributed by atoms with Gasteiger partial charge in [-0.15, -0.1) is 0 Å². The van der Waals surface area contributed by atoms with Gasteiger partial charge in [0.05, 0.1) is 33.8 Å². The number of quaternary nitrogens is 1. The average Bonchev–Trinajstić information content (AvgIpc) is 3.37. The van der Waals surface area contributed by atoms with Crippen LogP contribution in [0.1, 0.15) is 265 Å². The van der Waals surface area contributed by atoms with E-state index in [9.17, 15) is 19.0 Å². The standard InChI is InChI=1S/C65H117N2O7P/c1-7-10-13-16-19-22-25-27-29-30-31-32-33-34-35-36-38-39-42-45-48-51-54-57-64(68)66-62(61-73-75(70,71)72-60-59-67(4,5)6)63(56-53-50-47-44-41-24-21-18-15-12-9-3)74-65(69)58-55-52-49-46-43-40-37-28-26-23-20-17-14-11-8-2/h10,13,19,22-23,26-27,29,31-32,34-35,53,56,62-63H,7-9,11-12,14-18,20-21,24-25,28,30,33,36-52,54-55,57-61H2,1-6H3,(H-,66,68,70,71)/b13-10-,22-19-,26-23-,29-27-,32-31-,35-34-,56-53-. The summed E-state index contributed by atoms with van der Waals surface area (Å²) in [5.41, 5.74) is 0. The zero-order chi connectivity index (χ0) is 55.0. The second kappa shape index (κ2) is 54.5. The van der Waals surface area contributed by atoms with Crippen LogP contribution in [0.2, 0.25) is 0 Å². The Morgan fingerprint density at radius 1 is 0.480 bits per heavy atom. The normalized spacial score (nSPS) is 14.3. The fraction of sp³-hybridized carbons (Fsp3) is 0.754. The molecule has 0 heterocycles. The number of hydrogen-bond donors (Lipinski definition) is 1. The number of likely N-dealkylation sites (N-methyl/N-ethyl adjacent to an activating group) is 1. The number of hydrogen-bond acceptors (Lipinski definition) is 7. The second-order valence-corrected chi connectivity index (χ2v) is 23.2. The summed E-state index contributed by atoms with van der Waals surface area (Å²) in [5.74, 6) is -0.560. The number of amides is 1. The van der Waals surface area contributed by atoms with E-state index < -0.39 is 26.6 Å². The summed E-state index contributed by atoms with van der Waals surface area (Å²) in [6, 6.07) is -0.899. The number of nitrogens with one attached hydrogen (secondary N) is 1. The van der Waals surface area contributed by atoms with Crippen LogP contribution in [0.3, 0.4) is 0 Å². The molecule has 0 spiro atoms. The van der Waals surface area contributed by atoms with E-state index in [2.05, 4.69) is 99.0 Å². The molecular formula is C65H117N2O7P. The second-order valence-electron chi connectivity index (χ2n) is 21.8.